The Labute approximate surface area is 155 Å². The molecule has 6 nitrogen and oxygen atoms in total. The lowest BCUT2D eigenvalue weighted by Crippen LogP contribution is -2.23. The smallest absolute Gasteiger partial charge is 0.240 e. The van der Waals surface area contributed by atoms with E-state index >= 15 is 0 Å². The van der Waals surface area contributed by atoms with Crippen LogP contribution in [-0.2, 0) is 23.0 Å². The lowest BCUT2D eigenvalue weighted by atomic mass is 10.1. The molecule has 0 amide bonds. The van der Waals surface area contributed by atoms with E-state index in [2.05, 4.69) is 4.72 Å². The van der Waals surface area contributed by atoms with Crippen molar-refractivity contribution in [1.29, 1.82) is 0 Å². The van der Waals surface area contributed by atoms with E-state index in [0.717, 1.165) is 11.1 Å². The Morgan fingerprint density at radius 2 is 1.62 bits per heavy atom. The molecule has 2 aromatic rings. The van der Waals surface area contributed by atoms with Gasteiger partial charge in [0, 0.05) is 6.54 Å². The average Bonchev–Trinajstić information content (AvgIpc) is 2.66. The van der Waals surface area contributed by atoms with E-state index in [1.165, 1.54) is 0 Å². The number of methoxy groups -OCH3 is 2. The van der Waals surface area contributed by atoms with Crippen LogP contribution in [0.2, 0.25) is 0 Å². The third-order valence-electron chi connectivity index (χ3n) is 3.94. The molecule has 0 aromatic heterocycles. The summed E-state index contributed by atoms with van der Waals surface area (Å²) in [4.78, 5) is 0.216. The zero-order valence-electron chi connectivity index (χ0n) is 15.5. The predicted octanol–water partition coefficient (Wildman–Crippen LogP) is 3.14. The maximum Gasteiger partial charge on any atom is 0.240 e. The van der Waals surface area contributed by atoms with Crippen LogP contribution in [0, 0.1) is 0 Å². The summed E-state index contributed by atoms with van der Waals surface area (Å²) in [5.41, 5.74) is 1.63. The van der Waals surface area contributed by atoms with Crippen molar-refractivity contribution < 1.29 is 22.6 Å². The van der Waals surface area contributed by atoms with Crippen molar-refractivity contribution in [2.24, 2.45) is 0 Å². The van der Waals surface area contributed by atoms with Crippen LogP contribution in [0.15, 0.2) is 41.3 Å². The fraction of sp³-hybridized carbons (Fsp3) is 0.368. The minimum absolute atomic E-state index is 0.153. The Kier molecular flexibility index (Phi) is 6.88. The first kappa shape index (κ1) is 20.1. The van der Waals surface area contributed by atoms with E-state index < -0.39 is 10.0 Å². The Hall–Kier alpha value is -2.25. The summed E-state index contributed by atoms with van der Waals surface area (Å²) in [6.45, 7) is 4.48. The molecule has 0 atom stereocenters. The Balaban J connectivity index is 2.19. The molecule has 0 aliphatic heterocycles. The molecule has 0 bridgehead atoms. The van der Waals surface area contributed by atoms with E-state index in [0.29, 0.717) is 30.3 Å². The van der Waals surface area contributed by atoms with Crippen molar-refractivity contribution in [2.75, 3.05) is 20.8 Å². The topological polar surface area (TPSA) is 73.9 Å². The van der Waals surface area contributed by atoms with Crippen LogP contribution >= 0.6 is 0 Å². The lowest BCUT2D eigenvalue weighted by molar-refractivity contribution is 0.310. The van der Waals surface area contributed by atoms with Crippen LogP contribution in [0.25, 0.3) is 0 Å². The summed E-state index contributed by atoms with van der Waals surface area (Å²) in [6.07, 6.45) is 0.683. The summed E-state index contributed by atoms with van der Waals surface area (Å²) in [5, 5.41) is 0. The van der Waals surface area contributed by atoms with E-state index in [1.54, 1.807) is 50.6 Å². The van der Waals surface area contributed by atoms with Gasteiger partial charge < -0.3 is 14.2 Å². The van der Waals surface area contributed by atoms with Crippen LogP contribution in [0.3, 0.4) is 0 Å². The van der Waals surface area contributed by atoms with Crippen molar-refractivity contribution in [3.05, 3.63) is 47.5 Å². The number of sulfonamides is 1. The Bertz CT molecular complexity index is 849. The third-order valence-corrected chi connectivity index (χ3v) is 5.34. The molecule has 2 rings (SSSR count). The van der Waals surface area contributed by atoms with E-state index in [4.69, 9.17) is 14.2 Å². The minimum atomic E-state index is -3.63. The predicted molar refractivity (Wildman–Crippen MR) is 101 cm³/mol. The summed E-state index contributed by atoms with van der Waals surface area (Å²) in [6, 6.07) is 10.2. The van der Waals surface area contributed by atoms with Gasteiger partial charge in [0.25, 0.3) is 0 Å². The second kappa shape index (κ2) is 8.91. The number of hydrogen-bond acceptors (Lipinski definition) is 5. The Morgan fingerprint density at radius 1 is 0.923 bits per heavy atom. The summed E-state index contributed by atoms with van der Waals surface area (Å²) < 4.78 is 43.8. The van der Waals surface area contributed by atoms with Gasteiger partial charge in [-0.05, 0) is 54.8 Å². The molecule has 2 aromatic carbocycles. The van der Waals surface area contributed by atoms with Gasteiger partial charge in [0.2, 0.25) is 10.0 Å². The molecular weight excluding hydrogens is 354 g/mol. The minimum Gasteiger partial charge on any atom is -0.496 e. The van der Waals surface area contributed by atoms with Crippen molar-refractivity contribution in [3.8, 4) is 17.2 Å². The van der Waals surface area contributed by atoms with Gasteiger partial charge in [0.15, 0.2) is 11.5 Å². The highest BCUT2D eigenvalue weighted by molar-refractivity contribution is 7.89. The molecular formula is C19H25NO5S. The largest absolute Gasteiger partial charge is 0.496 e. The fourth-order valence-electron chi connectivity index (χ4n) is 2.56. The second-order valence-electron chi connectivity index (χ2n) is 5.57. The van der Waals surface area contributed by atoms with Crippen molar-refractivity contribution in [2.45, 2.75) is 31.7 Å². The quantitative estimate of drug-likeness (QED) is 0.724. The number of hydrogen-bond donors (Lipinski definition) is 1. The molecule has 0 saturated heterocycles. The first-order chi connectivity index (χ1) is 12.4. The number of nitrogens with one attached hydrogen (secondary N) is 1. The first-order valence-corrected chi connectivity index (χ1v) is 9.89. The molecule has 142 valence electrons. The molecule has 0 aliphatic carbocycles. The summed E-state index contributed by atoms with van der Waals surface area (Å²) in [5.74, 6) is 1.88. The van der Waals surface area contributed by atoms with Gasteiger partial charge in [0.1, 0.15) is 5.75 Å². The van der Waals surface area contributed by atoms with Gasteiger partial charge in [-0.1, -0.05) is 13.0 Å². The maximum atomic E-state index is 12.6. The molecule has 0 radical (unpaired) electrons. The molecule has 0 spiro atoms. The van der Waals surface area contributed by atoms with Gasteiger partial charge in [-0.15, -0.1) is 0 Å². The molecule has 0 heterocycles. The molecule has 26 heavy (non-hydrogen) atoms. The van der Waals surface area contributed by atoms with Gasteiger partial charge in [-0.2, -0.15) is 0 Å². The zero-order valence-corrected chi connectivity index (χ0v) is 16.4. The molecule has 0 saturated carbocycles. The lowest BCUT2D eigenvalue weighted by Gasteiger charge is -2.13. The van der Waals surface area contributed by atoms with Gasteiger partial charge in [-0.3, -0.25) is 0 Å². The van der Waals surface area contributed by atoms with Crippen LogP contribution in [0.4, 0.5) is 0 Å². The molecule has 1 N–H and O–H groups in total. The number of benzene rings is 2. The molecule has 0 aliphatic rings. The van der Waals surface area contributed by atoms with Crippen LogP contribution in [0.1, 0.15) is 25.0 Å². The summed E-state index contributed by atoms with van der Waals surface area (Å²) in [7, 11) is -0.500. The van der Waals surface area contributed by atoms with Crippen molar-refractivity contribution >= 4 is 10.0 Å². The molecule has 0 fully saturated rings. The van der Waals surface area contributed by atoms with Gasteiger partial charge in [0.05, 0.1) is 25.7 Å². The molecule has 7 heteroatoms. The number of ether oxygens (including phenoxy) is 3. The highest BCUT2D eigenvalue weighted by Gasteiger charge is 2.16. The molecule has 0 unspecified atom stereocenters. The van der Waals surface area contributed by atoms with Crippen molar-refractivity contribution in [1.82, 2.24) is 4.72 Å². The monoisotopic (exact) mass is 379 g/mol. The first-order valence-electron chi connectivity index (χ1n) is 8.41. The van der Waals surface area contributed by atoms with E-state index in [-0.39, 0.29) is 11.4 Å². The second-order valence-corrected chi connectivity index (χ2v) is 7.34. The maximum absolute atomic E-state index is 12.6. The van der Waals surface area contributed by atoms with Crippen LogP contribution in [-0.4, -0.2) is 29.2 Å². The van der Waals surface area contributed by atoms with Crippen LogP contribution < -0.4 is 18.9 Å². The summed E-state index contributed by atoms with van der Waals surface area (Å²) >= 11 is 0. The number of aryl methyl sites for hydroxylation is 1. The third kappa shape index (κ3) is 4.68. The zero-order chi connectivity index (χ0) is 19.2. The SMILES string of the molecule is CCOc1cc(CNS(=O)(=O)c2ccc(OC)c(CC)c2)ccc1OC. The van der Waals surface area contributed by atoms with Crippen molar-refractivity contribution in [3.63, 3.8) is 0 Å². The Morgan fingerprint density at radius 3 is 2.23 bits per heavy atom. The van der Waals surface area contributed by atoms with Crippen LogP contribution in [0.5, 0.6) is 17.2 Å². The average molecular weight is 379 g/mol. The highest BCUT2D eigenvalue weighted by atomic mass is 32.2. The van der Waals surface area contributed by atoms with Gasteiger partial charge >= 0.3 is 0 Å². The van der Waals surface area contributed by atoms with E-state index in [1.807, 2.05) is 13.8 Å². The van der Waals surface area contributed by atoms with Gasteiger partial charge in [-0.25, -0.2) is 13.1 Å². The standard InChI is InChI=1S/C19H25NO5S/c1-5-15-12-16(8-10-17(15)23-3)26(21,22)20-13-14-7-9-18(24-4)19(11-14)25-6-2/h7-12,20H,5-6,13H2,1-4H3. The highest BCUT2D eigenvalue weighted by Crippen LogP contribution is 2.28. The number of rotatable bonds is 9. The van der Waals surface area contributed by atoms with E-state index in [9.17, 15) is 8.42 Å². The normalized spacial score (nSPS) is 11.2. The fourth-order valence-corrected chi connectivity index (χ4v) is 3.63.